The van der Waals surface area contributed by atoms with E-state index >= 15 is 0 Å². The van der Waals surface area contributed by atoms with Gasteiger partial charge in [-0.2, -0.15) is 0 Å². The molecule has 1 aromatic carbocycles. The van der Waals surface area contributed by atoms with E-state index in [2.05, 4.69) is 25.3 Å². The summed E-state index contributed by atoms with van der Waals surface area (Å²) >= 11 is 0. The summed E-state index contributed by atoms with van der Waals surface area (Å²) in [7, 11) is 0. The fourth-order valence-electron chi connectivity index (χ4n) is 3.36. The molecule has 4 aromatic rings. The Bertz CT molecular complexity index is 1360. The van der Waals surface area contributed by atoms with Crippen molar-refractivity contribution in [2.45, 2.75) is 26.3 Å². The first-order valence-corrected chi connectivity index (χ1v) is 10.6. The number of carbonyl (C=O) groups excluding carboxylic acids is 1. The molecule has 3 aromatic heterocycles. The molecule has 4 rings (SSSR count). The lowest BCUT2D eigenvalue weighted by molar-refractivity contribution is -0.121. The Labute approximate surface area is 194 Å². The number of nitrogens with one attached hydrogen (secondary N) is 2. The molecule has 0 aliphatic rings. The van der Waals surface area contributed by atoms with Crippen molar-refractivity contribution in [2.75, 3.05) is 0 Å². The molecule has 0 aliphatic carbocycles. The first-order chi connectivity index (χ1) is 16.5. The smallest absolute Gasteiger partial charge is 0.254 e. The van der Waals surface area contributed by atoms with Gasteiger partial charge in [-0.3, -0.25) is 14.6 Å². The first kappa shape index (κ1) is 22.8. The van der Waals surface area contributed by atoms with Gasteiger partial charge in [-0.1, -0.05) is 12.1 Å². The highest BCUT2D eigenvalue weighted by molar-refractivity contribution is 5.76. The van der Waals surface area contributed by atoms with Gasteiger partial charge in [-0.15, -0.1) is 0 Å². The molecule has 0 bridgehead atoms. The number of halogens is 1. The number of nitrogens with zero attached hydrogens (tertiary/aromatic N) is 3. The number of benzene rings is 1. The summed E-state index contributed by atoms with van der Waals surface area (Å²) in [5, 5.41) is 2.81. The van der Waals surface area contributed by atoms with Crippen molar-refractivity contribution >= 4 is 5.91 Å². The number of hydrogen-bond acceptors (Lipinski definition) is 6. The van der Waals surface area contributed by atoms with Crippen molar-refractivity contribution in [3.63, 3.8) is 0 Å². The van der Waals surface area contributed by atoms with E-state index in [9.17, 15) is 14.0 Å². The van der Waals surface area contributed by atoms with Crippen molar-refractivity contribution in [1.82, 2.24) is 25.3 Å². The van der Waals surface area contributed by atoms with E-state index in [1.807, 2.05) is 0 Å². The predicted molar refractivity (Wildman–Crippen MR) is 124 cm³/mol. The quantitative estimate of drug-likeness (QED) is 0.416. The summed E-state index contributed by atoms with van der Waals surface area (Å²) in [6.45, 7) is 1.92. The molecule has 0 fully saturated rings. The fraction of sp³-hybridized carbons (Fsp3) is 0.160. The average molecular weight is 459 g/mol. The number of pyridine rings is 2. The van der Waals surface area contributed by atoms with Gasteiger partial charge in [0, 0.05) is 60.0 Å². The average Bonchev–Trinajstić information content (AvgIpc) is 2.83. The van der Waals surface area contributed by atoms with Gasteiger partial charge in [0.15, 0.2) is 0 Å². The third-order valence-corrected chi connectivity index (χ3v) is 5.11. The van der Waals surface area contributed by atoms with E-state index in [0.29, 0.717) is 28.4 Å². The number of rotatable bonds is 8. The second kappa shape index (κ2) is 10.5. The SMILES string of the molecule is Cc1nc(-c2ccncc2)[nH]c(=O)c1CCC(=O)NCc1cccnc1Oc1cccc(F)c1. The van der Waals surface area contributed by atoms with E-state index in [-0.39, 0.29) is 36.7 Å². The van der Waals surface area contributed by atoms with Crippen LogP contribution < -0.4 is 15.6 Å². The Kier molecular flexibility index (Phi) is 7.02. The Morgan fingerprint density at radius 1 is 1.12 bits per heavy atom. The van der Waals surface area contributed by atoms with Gasteiger partial charge in [0.1, 0.15) is 17.4 Å². The Balaban J connectivity index is 1.37. The molecule has 0 saturated heterocycles. The minimum atomic E-state index is -0.420. The molecule has 8 nitrogen and oxygen atoms in total. The molecule has 0 radical (unpaired) electrons. The number of carbonyl (C=O) groups is 1. The van der Waals surface area contributed by atoms with Gasteiger partial charge in [0.25, 0.3) is 5.56 Å². The van der Waals surface area contributed by atoms with E-state index in [1.165, 1.54) is 18.2 Å². The molecule has 0 saturated carbocycles. The van der Waals surface area contributed by atoms with Crippen LogP contribution in [0.4, 0.5) is 4.39 Å². The highest BCUT2D eigenvalue weighted by Gasteiger charge is 2.13. The van der Waals surface area contributed by atoms with Crippen LogP contribution in [0.25, 0.3) is 11.4 Å². The normalized spacial score (nSPS) is 10.6. The maximum atomic E-state index is 13.4. The summed E-state index contributed by atoms with van der Waals surface area (Å²) in [5.41, 5.74) is 2.15. The van der Waals surface area contributed by atoms with Crippen LogP contribution in [0.1, 0.15) is 23.2 Å². The zero-order chi connectivity index (χ0) is 23.9. The molecule has 0 spiro atoms. The van der Waals surface area contributed by atoms with Crippen LogP contribution in [0, 0.1) is 12.7 Å². The Hall–Kier alpha value is -4.40. The predicted octanol–water partition coefficient (Wildman–Crippen LogP) is 3.72. The van der Waals surface area contributed by atoms with Crippen LogP contribution in [0.15, 0.2) is 71.9 Å². The maximum Gasteiger partial charge on any atom is 0.254 e. The maximum absolute atomic E-state index is 13.4. The molecule has 0 atom stereocenters. The van der Waals surface area contributed by atoms with Crippen molar-refractivity contribution in [2.24, 2.45) is 0 Å². The van der Waals surface area contributed by atoms with Crippen molar-refractivity contribution in [3.05, 3.63) is 100 Å². The second-order valence-electron chi connectivity index (χ2n) is 7.52. The Morgan fingerprint density at radius 3 is 2.71 bits per heavy atom. The number of hydrogen-bond donors (Lipinski definition) is 2. The molecule has 0 unspecified atom stereocenters. The molecular weight excluding hydrogens is 437 g/mol. The van der Waals surface area contributed by atoms with E-state index in [1.54, 1.807) is 55.8 Å². The van der Waals surface area contributed by atoms with Crippen LogP contribution >= 0.6 is 0 Å². The highest BCUT2D eigenvalue weighted by Crippen LogP contribution is 2.23. The lowest BCUT2D eigenvalue weighted by atomic mass is 10.1. The van der Waals surface area contributed by atoms with Crippen molar-refractivity contribution < 1.29 is 13.9 Å². The topological polar surface area (TPSA) is 110 Å². The number of aromatic nitrogens is 4. The molecule has 0 aliphatic heterocycles. The number of aryl methyl sites for hydroxylation is 1. The van der Waals surface area contributed by atoms with Gasteiger partial charge in [0.2, 0.25) is 11.8 Å². The molecule has 9 heteroatoms. The molecule has 172 valence electrons. The number of ether oxygens (including phenoxy) is 1. The van der Waals surface area contributed by atoms with Crippen LogP contribution in [0.3, 0.4) is 0 Å². The summed E-state index contributed by atoms with van der Waals surface area (Å²) in [6, 6.07) is 12.7. The van der Waals surface area contributed by atoms with Crippen LogP contribution in [0.5, 0.6) is 11.6 Å². The molecule has 3 heterocycles. The monoisotopic (exact) mass is 459 g/mol. The van der Waals surface area contributed by atoms with E-state index in [0.717, 1.165) is 5.56 Å². The Morgan fingerprint density at radius 2 is 1.94 bits per heavy atom. The van der Waals surface area contributed by atoms with E-state index < -0.39 is 5.82 Å². The molecule has 34 heavy (non-hydrogen) atoms. The molecule has 1 amide bonds. The van der Waals surface area contributed by atoms with Gasteiger partial charge in [0.05, 0.1) is 0 Å². The van der Waals surface area contributed by atoms with Crippen LogP contribution in [-0.2, 0) is 17.8 Å². The van der Waals surface area contributed by atoms with Gasteiger partial charge in [-0.25, -0.2) is 14.4 Å². The van der Waals surface area contributed by atoms with E-state index in [4.69, 9.17) is 4.74 Å². The number of amides is 1. The lowest BCUT2D eigenvalue weighted by Gasteiger charge is -2.11. The minimum Gasteiger partial charge on any atom is -0.439 e. The van der Waals surface area contributed by atoms with Gasteiger partial charge < -0.3 is 15.0 Å². The first-order valence-electron chi connectivity index (χ1n) is 10.6. The second-order valence-corrected chi connectivity index (χ2v) is 7.52. The van der Waals surface area contributed by atoms with Gasteiger partial charge >= 0.3 is 0 Å². The number of aromatic amines is 1. The van der Waals surface area contributed by atoms with Crippen molar-refractivity contribution in [1.29, 1.82) is 0 Å². The largest absolute Gasteiger partial charge is 0.439 e. The lowest BCUT2D eigenvalue weighted by Crippen LogP contribution is -2.25. The zero-order valence-electron chi connectivity index (χ0n) is 18.4. The fourth-order valence-corrected chi connectivity index (χ4v) is 3.36. The van der Waals surface area contributed by atoms with Crippen LogP contribution in [0.2, 0.25) is 0 Å². The molecular formula is C25H22FN5O3. The van der Waals surface area contributed by atoms with Crippen LogP contribution in [-0.4, -0.2) is 25.8 Å². The van der Waals surface area contributed by atoms with Gasteiger partial charge in [-0.05, 0) is 43.7 Å². The summed E-state index contributed by atoms with van der Waals surface area (Å²) in [4.78, 5) is 40.4. The third kappa shape index (κ3) is 5.69. The minimum absolute atomic E-state index is 0.112. The number of H-pyrrole nitrogens is 1. The third-order valence-electron chi connectivity index (χ3n) is 5.11. The summed E-state index contributed by atoms with van der Waals surface area (Å²) in [5.74, 6) is 0.384. The standard InChI is InChI=1S/C25H22FN5O3/c1-16-21(24(33)31-23(30-16)17-9-12-27-13-10-17)7-8-22(32)29-15-18-4-3-11-28-25(18)34-20-6-2-5-19(26)14-20/h2-6,9-14H,7-8,15H2,1H3,(H,29,32)(H,30,31,33). The summed E-state index contributed by atoms with van der Waals surface area (Å²) in [6.07, 6.45) is 5.16. The summed E-state index contributed by atoms with van der Waals surface area (Å²) < 4.78 is 19.1. The highest BCUT2D eigenvalue weighted by atomic mass is 19.1. The van der Waals surface area contributed by atoms with Crippen molar-refractivity contribution in [3.8, 4) is 23.0 Å². The molecule has 2 N–H and O–H groups in total. The zero-order valence-corrected chi connectivity index (χ0v) is 18.4.